The monoisotopic (exact) mass is 547 g/mol. The van der Waals surface area contributed by atoms with Gasteiger partial charge >= 0.3 is 7.52 Å². The van der Waals surface area contributed by atoms with Crippen LogP contribution in [0.4, 0.5) is 11.4 Å². The smallest absolute Gasteiger partial charge is 0.348 e. The Bertz CT molecular complexity index is 1470. The lowest BCUT2D eigenvalue weighted by Crippen LogP contribution is -2.35. The minimum Gasteiger partial charge on any atom is -0.505 e. The van der Waals surface area contributed by atoms with E-state index < -0.39 is 24.1 Å². The van der Waals surface area contributed by atoms with Gasteiger partial charge in [-0.05, 0) is 48.9 Å². The summed E-state index contributed by atoms with van der Waals surface area (Å²) in [5.74, 6) is 0.209. The quantitative estimate of drug-likeness (QED) is 0.346. The van der Waals surface area contributed by atoms with Crippen molar-refractivity contribution in [3.05, 3.63) is 51.6 Å². The van der Waals surface area contributed by atoms with Gasteiger partial charge in [0, 0.05) is 18.5 Å². The van der Waals surface area contributed by atoms with Gasteiger partial charge in [0.25, 0.3) is 5.56 Å². The molecule has 3 heterocycles. The standard InChI is InChI=1S/C23H26N5O5PS2/c1-3-33-34(31)17-13-15(27-36(2)32)8-9-16(17)24-22(26-34)19-21(29)20(18-5-4-12-35-18)25-28(23(19)30)11-10-14-6-7-14/h4-5,8-9,12-14,27,29H,3,6-7,10-11H2,1-2H3,(H,24,26,31). The van der Waals surface area contributed by atoms with Crippen LogP contribution in [0, 0.1) is 5.92 Å². The molecule has 2 atom stereocenters. The number of rotatable bonds is 9. The normalized spacial score (nSPS) is 19.8. The number of fused-ring (bicyclic) bond motifs is 1. The topological polar surface area (TPSA) is 135 Å². The Morgan fingerprint density at radius 1 is 1.36 bits per heavy atom. The number of thiophene rings is 1. The Kier molecular flexibility index (Phi) is 6.86. The Balaban J connectivity index is 1.65. The first-order valence-electron chi connectivity index (χ1n) is 11.5. The lowest BCUT2D eigenvalue weighted by atomic mass is 10.1. The fourth-order valence-electron chi connectivity index (χ4n) is 4.04. The van der Waals surface area contributed by atoms with Crippen LogP contribution in [0.2, 0.25) is 0 Å². The predicted molar refractivity (Wildman–Crippen MR) is 144 cm³/mol. The highest BCUT2D eigenvalue weighted by molar-refractivity contribution is 7.85. The van der Waals surface area contributed by atoms with Crippen LogP contribution in [0.3, 0.4) is 0 Å². The van der Waals surface area contributed by atoms with Gasteiger partial charge in [0.15, 0.2) is 11.6 Å². The van der Waals surface area contributed by atoms with Gasteiger partial charge in [0.2, 0.25) is 0 Å². The maximum atomic E-state index is 14.0. The molecule has 13 heteroatoms. The van der Waals surface area contributed by atoms with Crippen LogP contribution in [0.5, 0.6) is 5.75 Å². The summed E-state index contributed by atoms with van der Waals surface area (Å²) in [6.45, 7) is 2.22. The van der Waals surface area contributed by atoms with Crippen molar-refractivity contribution in [1.29, 1.82) is 0 Å². The number of aromatic hydroxyl groups is 1. The number of benzene rings is 1. The highest BCUT2D eigenvalue weighted by Gasteiger charge is 2.36. The van der Waals surface area contributed by atoms with Gasteiger partial charge in [-0.25, -0.2) is 8.89 Å². The summed E-state index contributed by atoms with van der Waals surface area (Å²) in [7, 11) is -5.17. The average molecular weight is 548 g/mol. The molecule has 2 aliphatic rings. The first kappa shape index (κ1) is 24.9. The molecule has 0 bridgehead atoms. The van der Waals surface area contributed by atoms with Crippen molar-refractivity contribution in [1.82, 2.24) is 9.78 Å². The van der Waals surface area contributed by atoms with E-state index >= 15 is 0 Å². The maximum Gasteiger partial charge on any atom is 0.348 e. The van der Waals surface area contributed by atoms with E-state index in [0.29, 0.717) is 28.7 Å². The van der Waals surface area contributed by atoms with Gasteiger partial charge in [-0.3, -0.25) is 9.36 Å². The zero-order valence-corrected chi connectivity index (χ0v) is 22.3. The molecule has 36 heavy (non-hydrogen) atoms. The maximum absolute atomic E-state index is 14.0. The molecule has 10 nitrogen and oxygen atoms in total. The molecule has 5 rings (SSSR count). The van der Waals surface area contributed by atoms with Crippen LogP contribution >= 0.6 is 18.9 Å². The number of nitrogens with one attached hydrogen (secondary N) is 2. The minimum absolute atomic E-state index is 0.0399. The van der Waals surface area contributed by atoms with Crippen molar-refractivity contribution in [2.75, 3.05) is 22.9 Å². The molecular formula is C23H26N5O5PS2. The van der Waals surface area contributed by atoms with Crippen LogP contribution in [0.25, 0.3) is 10.6 Å². The van der Waals surface area contributed by atoms with Crippen molar-refractivity contribution in [2.24, 2.45) is 10.7 Å². The minimum atomic E-state index is -3.84. The van der Waals surface area contributed by atoms with Crippen LogP contribution in [0.15, 0.2) is 45.3 Å². The van der Waals surface area contributed by atoms with Gasteiger partial charge in [-0.2, -0.15) is 9.86 Å². The molecule has 1 aliphatic carbocycles. The largest absolute Gasteiger partial charge is 0.505 e. The molecule has 0 radical (unpaired) electrons. The Morgan fingerprint density at radius 2 is 2.17 bits per heavy atom. The first-order chi connectivity index (χ1) is 17.3. The third kappa shape index (κ3) is 4.90. The molecule has 1 saturated carbocycles. The number of hydrogen-bond donors (Lipinski definition) is 3. The molecule has 1 fully saturated rings. The second-order valence-corrected chi connectivity index (χ2v) is 12.7. The van der Waals surface area contributed by atoms with Crippen molar-refractivity contribution >= 4 is 52.4 Å². The van der Waals surface area contributed by atoms with Crippen molar-refractivity contribution in [3.8, 4) is 16.3 Å². The van der Waals surface area contributed by atoms with Crippen molar-refractivity contribution < 1.29 is 18.4 Å². The summed E-state index contributed by atoms with van der Waals surface area (Å²) >= 11 is 1.39. The summed E-state index contributed by atoms with van der Waals surface area (Å²) in [6.07, 6.45) is 4.59. The molecule has 0 saturated heterocycles. The van der Waals surface area contributed by atoms with E-state index in [0.717, 1.165) is 19.3 Å². The van der Waals surface area contributed by atoms with E-state index in [1.807, 2.05) is 17.5 Å². The van der Waals surface area contributed by atoms with Crippen molar-refractivity contribution in [3.63, 3.8) is 0 Å². The summed E-state index contributed by atoms with van der Waals surface area (Å²) in [4.78, 5) is 14.2. The molecule has 2 unspecified atom stereocenters. The van der Waals surface area contributed by atoms with Crippen LogP contribution in [-0.2, 0) is 26.6 Å². The SMILES string of the molecule is CCOP1(=O)N=C(c2c(O)c(-c3cccs3)nn(CCC3CC3)c2=O)Nc2ccc(NS(C)=O)cc21. The molecule has 0 spiro atoms. The number of anilines is 2. The molecule has 1 aliphatic heterocycles. The van der Waals surface area contributed by atoms with Crippen LogP contribution in [-0.4, -0.2) is 37.8 Å². The summed E-state index contributed by atoms with van der Waals surface area (Å²) in [5.41, 5.74) is 0.547. The Labute approximate surface area is 214 Å². The summed E-state index contributed by atoms with van der Waals surface area (Å²) in [6, 6.07) is 8.54. The number of aromatic nitrogens is 2. The van der Waals surface area contributed by atoms with E-state index in [-0.39, 0.29) is 34.8 Å². The molecule has 3 N–H and O–H groups in total. The highest BCUT2D eigenvalue weighted by Crippen LogP contribution is 2.52. The van der Waals surface area contributed by atoms with Crippen molar-refractivity contribution in [2.45, 2.75) is 32.7 Å². The zero-order chi connectivity index (χ0) is 25.4. The van der Waals surface area contributed by atoms with Gasteiger partial charge in [0.1, 0.15) is 22.2 Å². The number of nitrogens with zero attached hydrogens (tertiary/aromatic N) is 3. The predicted octanol–water partition coefficient (Wildman–Crippen LogP) is 3.91. The molecular weight excluding hydrogens is 521 g/mol. The van der Waals surface area contributed by atoms with E-state index in [1.165, 1.54) is 22.3 Å². The Hall–Kier alpha value is -2.79. The number of amidine groups is 1. The summed E-state index contributed by atoms with van der Waals surface area (Å²) < 4.78 is 39.7. The third-order valence-corrected chi connectivity index (χ3v) is 9.37. The average Bonchev–Trinajstić information content (AvgIpc) is 3.50. The molecule has 1 aromatic carbocycles. The van der Waals surface area contributed by atoms with Crippen LogP contribution in [0.1, 0.15) is 31.7 Å². The van der Waals surface area contributed by atoms with Gasteiger partial charge in [-0.15, -0.1) is 11.3 Å². The van der Waals surface area contributed by atoms with Gasteiger partial charge in [0.05, 0.1) is 22.5 Å². The Morgan fingerprint density at radius 3 is 2.83 bits per heavy atom. The first-order valence-corrected chi connectivity index (χ1v) is 15.6. The van der Waals surface area contributed by atoms with E-state index in [1.54, 1.807) is 25.1 Å². The lowest BCUT2D eigenvalue weighted by molar-refractivity contribution is 0.341. The van der Waals surface area contributed by atoms with Gasteiger partial charge < -0.3 is 19.7 Å². The highest BCUT2D eigenvalue weighted by atomic mass is 32.2. The van der Waals surface area contributed by atoms with E-state index in [9.17, 15) is 18.7 Å². The second kappa shape index (κ2) is 9.93. The number of aryl methyl sites for hydroxylation is 1. The van der Waals surface area contributed by atoms with E-state index in [2.05, 4.69) is 19.9 Å². The van der Waals surface area contributed by atoms with E-state index in [4.69, 9.17) is 4.52 Å². The third-order valence-electron chi connectivity index (χ3n) is 5.92. The fraction of sp³-hybridized carbons (Fsp3) is 0.348. The molecule has 0 amide bonds. The lowest BCUT2D eigenvalue weighted by Gasteiger charge is -2.26. The fourth-order valence-corrected chi connectivity index (χ4v) is 7.02. The summed E-state index contributed by atoms with van der Waals surface area (Å²) in [5, 5.41) is 20.9. The molecule has 190 valence electrons. The van der Waals surface area contributed by atoms with Crippen LogP contribution < -0.4 is 20.9 Å². The zero-order valence-electron chi connectivity index (χ0n) is 19.8. The molecule has 3 aromatic rings. The second-order valence-electron chi connectivity index (χ2n) is 8.61. The van der Waals surface area contributed by atoms with Gasteiger partial charge in [-0.1, -0.05) is 18.9 Å². The number of hydrogen-bond acceptors (Lipinski definition) is 8. The molecule has 2 aromatic heterocycles.